The second-order valence-corrected chi connectivity index (χ2v) is 8.03. The fourth-order valence-corrected chi connectivity index (χ4v) is 3.99. The number of hydrogen-bond acceptors (Lipinski definition) is 3. The van der Waals surface area contributed by atoms with E-state index in [-0.39, 0.29) is 12.2 Å². The van der Waals surface area contributed by atoms with E-state index in [4.69, 9.17) is 4.74 Å². The molecule has 0 amide bonds. The second-order valence-electron chi connectivity index (χ2n) is 8.03. The van der Waals surface area contributed by atoms with Crippen LogP contribution in [0.15, 0.2) is 133 Å². The Bertz CT molecular complexity index is 1390. The Kier molecular flexibility index (Phi) is 8.04. The molecule has 0 N–H and O–H groups in total. The van der Waals surface area contributed by atoms with E-state index in [1.165, 1.54) is 12.2 Å². The second kappa shape index (κ2) is 12.0. The fraction of sp³-hybridized carbons (Fsp3) is 0.0303. The fourth-order valence-electron chi connectivity index (χ4n) is 3.99. The molecule has 0 atom stereocenters. The molecule has 0 radical (unpaired) electrons. The molecule has 4 aromatic rings. The molecule has 0 aliphatic rings. The van der Waals surface area contributed by atoms with E-state index >= 15 is 0 Å². The van der Waals surface area contributed by atoms with Crippen LogP contribution < -0.4 is 0 Å². The Hall–Kier alpha value is -4.94. The molecule has 0 saturated carbocycles. The molecule has 4 rings (SSSR count). The van der Waals surface area contributed by atoms with Crippen molar-refractivity contribution in [3.8, 4) is 6.07 Å². The number of nitrogens with zero attached hydrogens (tertiary/aromatic N) is 1. The van der Waals surface area contributed by atoms with Gasteiger partial charge in [-0.2, -0.15) is 5.26 Å². The summed E-state index contributed by atoms with van der Waals surface area (Å²) < 4.78 is 5.01. The van der Waals surface area contributed by atoms with Crippen molar-refractivity contribution >= 4 is 23.2 Å². The molecule has 0 bridgehead atoms. The van der Waals surface area contributed by atoms with Gasteiger partial charge >= 0.3 is 5.97 Å². The standard InChI is InChI=1S/C33H25NO2/c1-2-22-36-33(35)30(24-34)23-25-18-20-29(21-19-25)32(28-16-10-5-11-17-28)31(26-12-6-3-7-13-26)27-14-8-4-9-15-27/h2-21,23H,1,22H2/b30-23-. The van der Waals surface area contributed by atoms with Crippen molar-refractivity contribution in [2.24, 2.45) is 0 Å². The van der Waals surface area contributed by atoms with Gasteiger partial charge in [0.25, 0.3) is 0 Å². The first kappa shape index (κ1) is 24.2. The number of esters is 1. The Labute approximate surface area is 211 Å². The zero-order valence-corrected chi connectivity index (χ0v) is 19.8. The molecule has 0 aliphatic heterocycles. The molecule has 0 aromatic heterocycles. The van der Waals surface area contributed by atoms with Crippen molar-refractivity contribution in [3.05, 3.63) is 161 Å². The van der Waals surface area contributed by atoms with Gasteiger partial charge in [-0.25, -0.2) is 4.79 Å². The number of benzene rings is 4. The quantitative estimate of drug-likeness (QED) is 0.0896. The van der Waals surface area contributed by atoms with Crippen LogP contribution in [0.3, 0.4) is 0 Å². The lowest BCUT2D eigenvalue weighted by molar-refractivity contribution is -0.137. The normalized spacial score (nSPS) is 10.7. The minimum Gasteiger partial charge on any atom is -0.457 e. The van der Waals surface area contributed by atoms with Gasteiger partial charge in [0.05, 0.1) is 0 Å². The van der Waals surface area contributed by atoms with E-state index in [2.05, 4.69) is 43.0 Å². The van der Waals surface area contributed by atoms with E-state index in [1.807, 2.05) is 84.9 Å². The highest BCUT2D eigenvalue weighted by Gasteiger charge is 2.16. The molecule has 0 heterocycles. The first-order valence-corrected chi connectivity index (χ1v) is 11.6. The van der Waals surface area contributed by atoms with Crippen molar-refractivity contribution < 1.29 is 9.53 Å². The minimum atomic E-state index is -0.665. The first-order valence-electron chi connectivity index (χ1n) is 11.6. The average molecular weight is 468 g/mol. The van der Waals surface area contributed by atoms with Gasteiger partial charge in [0.1, 0.15) is 18.2 Å². The van der Waals surface area contributed by atoms with Crippen LogP contribution in [0.4, 0.5) is 0 Å². The molecule has 0 fully saturated rings. The summed E-state index contributed by atoms with van der Waals surface area (Å²) in [6.07, 6.45) is 3.01. The van der Waals surface area contributed by atoms with Crippen molar-refractivity contribution in [1.82, 2.24) is 0 Å². The largest absolute Gasteiger partial charge is 0.457 e. The predicted octanol–water partition coefficient (Wildman–Crippen LogP) is 7.33. The number of ether oxygens (including phenoxy) is 1. The van der Waals surface area contributed by atoms with Crippen molar-refractivity contribution in [1.29, 1.82) is 5.26 Å². The number of carbonyl (C=O) groups excluding carboxylic acids is 1. The maximum absolute atomic E-state index is 12.1. The summed E-state index contributed by atoms with van der Waals surface area (Å²) in [5.41, 5.74) is 7.23. The highest BCUT2D eigenvalue weighted by atomic mass is 16.5. The molecule has 4 aromatic carbocycles. The third-order valence-corrected chi connectivity index (χ3v) is 5.62. The van der Waals surface area contributed by atoms with Gasteiger partial charge in [-0.15, -0.1) is 0 Å². The summed E-state index contributed by atoms with van der Waals surface area (Å²) in [7, 11) is 0. The number of rotatable bonds is 8. The summed E-state index contributed by atoms with van der Waals surface area (Å²) in [5, 5.41) is 9.42. The van der Waals surface area contributed by atoms with Crippen molar-refractivity contribution in [3.63, 3.8) is 0 Å². The van der Waals surface area contributed by atoms with Crippen LogP contribution in [0.25, 0.3) is 17.2 Å². The Morgan fingerprint density at radius 2 is 1.11 bits per heavy atom. The average Bonchev–Trinajstić information content (AvgIpc) is 2.95. The lowest BCUT2D eigenvalue weighted by atomic mass is 9.85. The maximum Gasteiger partial charge on any atom is 0.349 e. The van der Waals surface area contributed by atoms with Crippen LogP contribution >= 0.6 is 0 Å². The summed E-state index contributed by atoms with van der Waals surface area (Å²) in [4.78, 5) is 12.1. The first-order chi connectivity index (χ1) is 17.7. The molecule has 0 saturated heterocycles. The highest BCUT2D eigenvalue weighted by Crippen LogP contribution is 2.36. The molecule has 0 aliphatic carbocycles. The topological polar surface area (TPSA) is 50.1 Å². The smallest absolute Gasteiger partial charge is 0.349 e. The summed E-state index contributed by atoms with van der Waals surface area (Å²) in [5.74, 6) is -0.665. The molecule has 0 spiro atoms. The van der Waals surface area contributed by atoms with E-state index in [9.17, 15) is 10.1 Å². The van der Waals surface area contributed by atoms with Crippen LogP contribution in [-0.2, 0) is 9.53 Å². The van der Waals surface area contributed by atoms with Crippen LogP contribution in [0.1, 0.15) is 27.8 Å². The van der Waals surface area contributed by atoms with E-state index in [0.29, 0.717) is 0 Å². The van der Waals surface area contributed by atoms with Gasteiger partial charge in [-0.3, -0.25) is 0 Å². The Morgan fingerprint density at radius 3 is 1.50 bits per heavy atom. The molecular weight excluding hydrogens is 442 g/mol. The maximum atomic E-state index is 12.1. The van der Waals surface area contributed by atoms with Crippen LogP contribution in [0.5, 0.6) is 0 Å². The van der Waals surface area contributed by atoms with Crippen LogP contribution in [0.2, 0.25) is 0 Å². The third kappa shape index (κ3) is 5.75. The van der Waals surface area contributed by atoms with Gasteiger partial charge in [0.15, 0.2) is 0 Å². The molecular formula is C33H25NO2. The van der Waals surface area contributed by atoms with Gasteiger partial charge in [-0.05, 0) is 45.0 Å². The molecule has 3 nitrogen and oxygen atoms in total. The monoisotopic (exact) mass is 467 g/mol. The van der Waals surface area contributed by atoms with E-state index < -0.39 is 5.97 Å². The van der Waals surface area contributed by atoms with E-state index in [0.717, 1.165) is 39.0 Å². The van der Waals surface area contributed by atoms with Crippen LogP contribution in [0, 0.1) is 11.3 Å². The minimum absolute atomic E-state index is 0.0577. The molecule has 36 heavy (non-hydrogen) atoms. The van der Waals surface area contributed by atoms with Crippen molar-refractivity contribution in [2.45, 2.75) is 0 Å². The Morgan fingerprint density at radius 1 is 0.694 bits per heavy atom. The summed E-state index contributed by atoms with van der Waals surface area (Å²) in [6.45, 7) is 3.59. The van der Waals surface area contributed by atoms with E-state index in [1.54, 1.807) is 0 Å². The van der Waals surface area contributed by atoms with Crippen LogP contribution in [-0.4, -0.2) is 12.6 Å². The van der Waals surface area contributed by atoms with Gasteiger partial charge in [0.2, 0.25) is 0 Å². The number of hydrogen-bond donors (Lipinski definition) is 0. The van der Waals surface area contributed by atoms with Gasteiger partial charge in [-0.1, -0.05) is 128 Å². The lowest BCUT2D eigenvalue weighted by Gasteiger charge is -2.18. The summed E-state index contributed by atoms with van der Waals surface area (Å²) in [6, 6.07) is 40.8. The molecule has 174 valence electrons. The zero-order chi connectivity index (χ0) is 25.2. The molecule has 0 unspecified atom stereocenters. The number of carbonyl (C=O) groups is 1. The summed E-state index contributed by atoms with van der Waals surface area (Å²) >= 11 is 0. The number of nitriles is 1. The predicted molar refractivity (Wildman–Crippen MR) is 146 cm³/mol. The lowest BCUT2D eigenvalue weighted by Crippen LogP contribution is -2.06. The Balaban J connectivity index is 1.87. The van der Waals surface area contributed by atoms with Gasteiger partial charge < -0.3 is 4.74 Å². The zero-order valence-electron chi connectivity index (χ0n) is 19.8. The van der Waals surface area contributed by atoms with Gasteiger partial charge in [0, 0.05) is 0 Å². The SMILES string of the molecule is C=CCOC(=O)/C(C#N)=C\c1ccc(C(=C(c2ccccc2)c2ccccc2)c2ccccc2)cc1. The third-order valence-electron chi connectivity index (χ3n) is 5.62. The highest BCUT2D eigenvalue weighted by molar-refractivity contribution is 6.04. The molecule has 3 heteroatoms. The van der Waals surface area contributed by atoms with Crippen molar-refractivity contribution in [2.75, 3.05) is 6.61 Å².